The SMILES string of the molecule is CSc1cn(C(C)C)nc1-c1c(Cl)cccc1Cl. The predicted molar refractivity (Wildman–Crippen MR) is 79.8 cm³/mol. The Morgan fingerprint density at radius 1 is 1.22 bits per heavy atom. The van der Waals surface area contributed by atoms with E-state index < -0.39 is 0 Å². The Hall–Kier alpha value is -0.640. The summed E-state index contributed by atoms with van der Waals surface area (Å²) in [6, 6.07) is 5.82. The molecule has 0 radical (unpaired) electrons. The third-order valence-electron chi connectivity index (χ3n) is 2.65. The number of rotatable bonds is 3. The van der Waals surface area contributed by atoms with Crippen molar-refractivity contribution in [3.8, 4) is 11.3 Å². The van der Waals surface area contributed by atoms with Gasteiger partial charge in [0.1, 0.15) is 5.69 Å². The fraction of sp³-hybridized carbons (Fsp3) is 0.308. The predicted octanol–water partition coefficient (Wildman–Crippen LogP) is 5.16. The molecule has 0 bridgehead atoms. The monoisotopic (exact) mass is 300 g/mol. The van der Waals surface area contributed by atoms with Crippen molar-refractivity contribution < 1.29 is 0 Å². The fourth-order valence-corrected chi connectivity index (χ4v) is 2.81. The highest BCUT2D eigenvalue weighted by Crippen LogP contribution is 2.38. The molecule has 1 aromatic carbocycles. The van der Waals surface area contributed by atoms with Crippen molar-refractivity contribution in [1.29, 1.82) is 0 Å². The van der Waals surface area contributed by atoms with Crippen molar-refractivity contribution in [3.63, 3.8) is 0 Å². The minimum atomic E-state index is 0.311. The van der Waals surface area contributed by atoms with Crippen molar-refractivity contribution in [1.82, 2.24) is 9.78 Å². The van der Waals surface area contributed by atoms with Gasteiger partial charge in [0.2, 0.25) is 0 Å². The molecule has 0 aliphatic rings. The lowest BCUT2D eigenvalue weighted by Gasteiger charge is -2.06. The van der Waals surface area contributed by atoms with Crippen LogP contribution in [0.2, 0.25) is 10.0 Å². The van der Waals surface area contributed by atoms with Gasteiger partial charge in [-0.3, -0.25) is 4.68 Å². The van der Waals surface area contributed by atoms with Crippen LogP contribution in [0.3, 0.4) is 0 Å². The topological polar surface area (TPSA) is 17.8 Å². The molecular formula is C13H14Cl2N2S. The van der Waals surface area contributed by atoms with Gasteiger partial charge in [-0.25, -0.2) is 0 Å². The summed E-state index contributed by atoms with van der Waals surface area (Å²) in [6.45, 7) is 4.18. The summed E-state index contributed by atoms with van der Waals surface area (Å²) in [5.41, 5.74) is 1.66. The normalized spacial score (nSPS) is 11.2. The first-order valence-corrected chi connectivity index (χ1v) is 7.60. The zero-order valence-electron chi connectivity index (χ0n) is 10.4. The molecule has 0 aliphatic carbocycles. The summed E-state index contributed by atoms with van der Waals surface area (Å²) < 4.78 is 1.93. The number of aromatic nitrogens is 2. The first kappa shape index (κ1) is 13.8. The van der Waals surface area contributed by atoms with Crippen LogP contribution < -0.4 is 0 Å². The maximum Gasteiger partial charge on any atom is 0.109 e. The Morgan fingerprint density at radius 2 is 1.83 bits per heavy atom. The average Bonchev–Trinajstić information content (AvgIpc) is 2.73. The summed E-state index contributed by atoms with van der Waals surface area (Å²) in [5.74, 6) is 0. The molecule has 0 N–H and O–H groups in total. The highest BCUT2D eigenvalue weighted by atomic mass is 35.5. The third-order valence-corrected chi connectivity index (χ3v) is 4.02. The highest BCUT2D eigenvalue weighted by molar-refractivity contribution is 7.98. The maximum atomic E-state index is 6.24. The Labute approximate surface area is 121 Å². The zero-order chi connectivity index (χ0) is 13.3. The van der Waals surface area contributed by atoms with Crippen LogP contribution in [-0.4, -0.2) is 16.0 Å². The van der Waals surface area contributed by atoms with Crippen molar-refractivity contribution >= 4 is 35.0 Å². The van der Waals surface area contributed by atoms with E-state index >= 15 is 0 Å². The van der Waals surface area contributed by atoms with E-state index in [1.54, 1.807) is 11.8 Å². The van der Waals surface area contributed by atoms with E-state index in [-0.39, 0.29) is 0 Å². The number of benzene rings is 1. The van der Waals surface area contributed by atoms with Crippen LogP contribution in [0.5, 0.6) is 0 Å². The van der Waals surface area contributed by atoms with E-state index in [0.717, 1.165) is 16.2 Å². The second kappa shape index (κ2) is 5.55. The second-order valence-corrected chi connectivity index (χ2v) is 5.88. The van der Waals surface area contributed by atoms with E-state index in [2.05, 4.69) is 18.9 Å². The quantitative estimate of drug-likeness (QED) is 0.729. The second-order valence-electron chi connectivity index (χ2n) is 4.22. The molecule has 5 heteroatoms. The minimum Gasteiger partial charge on any atom is -0.268 e. The lowest BCUT2D eigenvalue weighted by molar-refractivity contribution is 0.533. The molecule has 0 saturated heterocycles. The minimum absolute atomic E-state index is 0.311. The molecule has 0 atom stereocenters. The molecule has 0 saturated carbocycles. The van der Waals surface area contributed by atoms with E-state index in [9.17, 15) is 0 Å². The Morgan fingerprint density at radius 3 is 2.33 bits per heavy atom. The van der Waals surface area contributed by atoms with Crippen LogP contribution in [0.15, 0.2) is 29.3 Å². The van der Waals surface area contributed by atoms with Crippen LogP contribution in [-0.2, 0) is 0 Å². The van der Waals surface area contributed by atoms with E-state index in [1.165, 1.54) is 0 Å². The van der Waals surface area contributed by atoms with Gasteiger partial charge >= 0.3 is 0 Å². The van der Waals surface area contributed by atoms with Gasteiger partial charge in [0.25, 0.3) is 0 Å². The van der Waals surface area contributed by atoms with Crippen LogP contribution >= 0.6 is 35.0 Å². The number of hydrogen-bond donors (Lipinski definition) is 0. The van der Waals surface area contributed by atoms with Gasteiger partial charge in [-0.1, -0.05) is 29.3 Å². The van der Waals surface area contributed by atoms with Gasteiger partial charge in [-0.2, -0.15) is 5.10 Å². The summed E-state index contributed by atoms with van der Waals surface area (Å²) in [4.78, 5) is 1.08. The molecule has 0 unspecified atom stereocenters. The molecule has 2 aromatic rings. The molecule has 0 fully saturated rings. The lowest BCUT2D eigenvalue weighted by Crippen LogP contribution is -2.00. The summed E-state index contributed by atoms with van der Waals surface area (Å²) in [5, 5.41) is 5.86. The summed E-state index contributed by atoms with van der Waals surface area (Å²) in [6.07, 6.45) is 4.06. The molecule has 0 amide bonds. The van der Waals surface area contributed by atoms with Gasteiger partial charge in [0, 0.05) is 17.8 Å². The molecule has 1 heterocycles. The van der Waals surface area contributed by atoms with Gasteiger partial charge in [0.15, 0.2) is 0 Å². The van der Waals surface area contributed by atoms with Crippen LogP contribution in [0, 0.1) is 0 Å². The van der Waals surface area contributed by atoms with E-state index in [0.29, 0.717) is 16.1 Å². The molecule has 18 heavy (non-hydrogen) atoms. The summed E-state index contributed by atoms with van der Waals surface area (Å²) >= 11 is 14.1. The van der Waals surface area contributed by atoms with E-state index in [4.69, 9.17) is 23.2 Å². The van der Waals surface area contributed by atoms with Crippen molar-refractivity contribution in [2.75, 3.05) is 6.26 Å². The van der Waals surface area contributed by atoms with Crippen LogP contribution in [0.25, 0.3) is 11.3 Å². The van der Waals surface area contributed by atoms with Crippen molar-refractivity contribution in [2.24, 2.45) is 0 Å². The first-order chi connectivity index (χ1) is 8.54. The Kier molecular flexibility index (Phi) is 4.25. The molecule has 2 nitrogen and oxygen atoms in total. The fourth-order valence-electron chi connectivity index (χ4n) is 1.69. The van der Waals surface area contributed by atoms with Gasteiger partial charge < -0.3 is 0 Å². The summed E-state index contributed by atoms with van der Waals surface area (Å²) in [7, 11) is 0. The Balaban J connectivity index is 2.63. The van der Waals surface area contributed by atoms with Crippen LogP contribution in [0.4, 0.5) is 0 Å². The standard InChI is InChI=1S/C13H14Cl2N2S/c1-8(2)17-7-11(18-3)13(16-17)12-9(14)5-4-6-10(12)15/h4-8H,1-3H3. The largest absolute Gasteiger partial charge is 0.268 e. The number of halogens is 2. The smallest absolute Gasteiger partial charge is 0.109 e. The molecule has 2 rings (SSSR count). The highest BCUT2D eigenvalue weighted by Gasteiger charge is 2.17. The molecule has 96 valence electrons. The average molecular weight is 301 g/mol. The van der Waals surface area contributed by atoms with E-state index in [1.807, 2.05) is 35.3 Å². The first-order valence-electron chi connectivity index (χ1n) is 5.62. The molecule has 1 aromatic heterocycles. The molecule has 0 spiro atoms. The maximum absolute atomic E-state index is 6.24. The number of thioether (sulfide) groups is 1. The van der Waals surface area contributed by atoms with Crippen molar-refractivity contribution in [3.05, 3.63) is 34.4 Å². The zero-order valence-corrected chi connectivity index (χ0v) is 12.8. The molecule has 0 aliphatic heterocycles. The lowest BCUT2D eigenvalue weighted by atomic mass is 10.1. The molecular weight excluding hydrogens is 287 g/mol. The van der Waals surface area contributed by atoms with Crippen molar-refractivity contribution in [2.45, 2.75) is 24.8 Å². The number of nitrogens with zero attached hydrogens (tertiary/aromatic N) is 2. The van der Waals surface area contributed by atoms with Crippen LogP contribution in [0.1, 0.15) is 19.9 Å². The van der Waals surface area contributed by atoms with Gasteiger partial charge in [-0.15, -0.1) is 11.8 Å². The van der Waals surface area contributed by atoms with Gasteiger partial charge in [0.05, 0.1) is 14.9 Å². The van der Waals surface area contributed by atoms with Gasteiger partial charge in [-0.05, 0) is 32.2 Å². The number of hydrogen-bond acceptors (Lipinski definition) is 2. The Bertz CT molecular complexity index is 544. The third kappa shape index (κ3) is 2.53.